The van der Waals surface area contributed by atoms with Gasteiger partial charge in [0.1, 0.15) is 23.1 Å². The van der Waals surface area contributed by atoms with Crippen molar-refractivity contribution >= 4 is 23.1 Å². The van der Waals surface area contributed by atoms with Crippen molar-refractivity contribution in [3.05, 3.63) is 66.4 Å². The van der Waals surface area contributed by atoms with Crippen LogP contribution in [0.25, 0.3) is 0 Å². The zero-order chi connectivity index (χ0) is 20.6. The zero-order valence-corrected chi connectivity index (χ0v) is 16.6. The molecule has 3 aromatic rings. The first-order valence-electron chi connectivity index (χ1n) is 9.12. The van der Waals surface area contributed by atoms with Crippen LogP contribution in [0.3, 0.4) is 0 Å². The first-order valence-corrected chi connectivity index (χ1v) is 9.12. The number of pyridine rings is 1. The number of hydrogen-bond acceptors (Lipinski definition) is 6. The van der Waals surface area contributed by atoms with E-state index < -0.39 is 0 Å². The molecule has 0 aliphatic carbocycles. The predicted molar refractivity (Wildman–Crippen MR) is 113 cm³/mol. The fourth-order valence-electron chi connectivity index (χ4n) is 2.69. The molecule has 0 atom stereocenters. The lowest BCUT2D eigenvalue weighted by atomic mass is 10.2. The number of carbonyl (C=O) groups excluding carboxylic acids is 1. The number of amides is 1. The summed E-state index contributed by atoms with van der Waals surface area (Å²) >= 11 is 0. The maximum absolute atomic E-state index is 12.6. The van der Waals surface area contributed by atoms with Gasteiger partial charge in [-0.15, -0.1) is 0 Å². The molecule has 0 spiro atoms. The molecule has 3 rings (SSSR count). The van der Waals surface area contributed by atoms with Crippen LogP contribution in [0.2, 0.25) is 0 Å². The molecule has 0 fully saturated rings. The molecular formula is C22H23N3O4. The first-order chi connectivity index (χ1) is 14.1. The highest BCUT2D eigenvalue weighted by Crippen LogP contribution is 2.31. The average molecular weight is 393 g/mol. The van der Waals surface area contributed by atoms with Crippen LogP contribution in [0.1, 0.15) is 17.3 Å². The molecule has 0 bridgehead atoms. The number of rotatable bonds is 8. The lowest BCUT2D eigenvalue weighted by Gasteiger charge is -2.13. The van der Waals surface area contributed by atoms with E-state index in [1.54, 1.807) is 62.9 Å². The van der Waals surface area contributed by atoms with Crippen LogP contribution in [0.5, 0.6) is 17.2 Å². The molecule has 29 heavy (non-hydrogen) atoms. The van der Waals surface area contributed by atoms with Gasteiger partial charge in [-0.05, 0) is 55.5 Å². The van der Waals surface area contributed by atoms with E-state index in [-0.39, 0.29) is 5.91 Å². The van der Waals surface area contributed by atoms with Gasteiger partial charge in [0.05, 0.1) is 26.5 Å². The van der Waals surface area contributed by atoms with Crippen molar-refractivity contribution in [3.63, 3.8) is 0 Å². The Kier molecular flexibility index (Phi) is 6.52. The number of methoxy groups -OCH3 is 2. The van der Waals surface area contributed by atoms with Gasteiger partial charge in [-0.3, -0.25) is 4.79 Å². The predicted octanol–water partition coefficient (Wildman–Crippen LogP) is 4.49. The summed E-state index contributed by atoms with van der Waals surface area (Å²) in [4.78, 5) is 16.9. The highest BCUT2D eigenvalue weighted by Gasteiger charge is 2.10. The van der Waals surface area contributed by atoms with E-state index in [4.69, 9.17) is 14.2 Å². The molecule has 0 aliphatic heterocycles. The number of ether oxygens (including phenoxy) is 3. The largest absolute Gasteiger partial charge is 0.497 e. The number of nitrogens with zero attached hydrogens (tertiary/aromatic N) is 1. The Bertz CT molecular complexity index is 974. The molecule has 0 unspecified atom stereocenters. The van der Waals surface area contributed by atoms with E-state index in [1.165, 1.54) is 0 Å². The third kappa shape index (κ3) is 5.16. The average Bonchev–Trinajstić information content (AvgIpc) is 2.75. The normalized spacial score (nSPS) is 10.2. The van der Waals surface area contributed by atoms with Gasteiger partial charge in [0, 0.05) is 23.5 Å². The molecule has 7 heteroatoms. The molecule has 1 amide bonds. The van der Waals surface area contributed by atoms with Gasteiger partial charge >= 0.3 is 0 Å². The third-order valence-electron chi connectivity index (χ3n) is 4.11. The summed E-state index contributed by atoms with van der Waals surface area (Å²) in [6.07, 6.45) is 1.57. The number of nitrogens with one attached hydrogen (secondary N) is 2. The van der Waals surface area contributed by atoms with E-state index in [0.29, 0.717) is 40.9 Å². The molecule has 2 N–H and O–H groups in total. The smallest absolute Gasteiger partial charge is 0.255 e. The van der Waals surface area contributed by atoms with Gasteiger partial charge in [0.25, 0.3) is 5.91 Å². The minimum absolute atomic E-state index is 0.239. The number of anilines is 3. The highest BCUT2D eigenvalue weighted by molar-refractivity contribution is 6.04. The Labute approximate surface area is 169 Å². The lowest BCUT2D eigenvalue weighted by molar-refractivity contribution is 0.102. The monoisotopic (exact) mass is 393 g/mol. The lowest BCUT2D eigenvalue weighted by Crippen LogP contribution is -2.12. The molecule has 0 aliphatic rings. The number of benzene rings is 2. The van der Waals surface area contributed by atoms with Crippen molar-refractivity contribution in [2.75, 3.05) is 31.5 Å². The molecule has 2 aromatic carbocycles. The van der Waals surface area contributed by atoms with Crippen molar-refractivity contribution in [2.45, 2.75) is 6.92 Å². The highest BCUT2D eigenvalue weighted by atomic mass is 16.5. The van der Waals surface area contributed by atoms with Gasteiger partial charge in [0.15, 0.2) is 0 Å². The molecule has 150 valence electrons. The maximum Gasteiger partial charge on any atom is 0.255 e. The summed E-state index contributed by atoms with van der Waals surface area (Å²) in [6, 6.07) is 15.9. The maximum atomic E-state index is 12.6. The van der Waals surface area contributed by atoms with Crippen LogP contribution < -0.4 is 24.8 Å². The Balaban J connectivity index is 1.74. The van der Waals surface area contributed by atoms with E-state index in [9.17, 15) is 4.79 Å². The van der Waals surface area contributed by atoms with E-state index in [1.807, 2.05) is 19.1 Å². The number of aromatic nitrogens is 1. The summed E-state index contributed by atoms with van der Waals surface area (Å²) in [5.41, 5.74) is 1.83. The molecule has 0 saturated heterocycles. The molecular weight excluding hydrogens is 370 g/mol. The fraction of sp³-hybridized carbons (Fsp3) is 0.182. The Morgan fingerprint density at radius 2 is 1.72 bits per heavy atom. The van der Waals surface area contributed by atoms with Crippen molar-refractivity contribution in [2.24, 2.45) is 0 Å². The number of hydrogen-bond donors (Lipinski definition) is 2. The number of carbonyl (C=O) groups is 1. The zero-order valence-electron chi connectivity index (χ0n) is 16.6. The van der Waals surface area contributed by atoms with E-state index in [2.05, 4.69) is 15.6 Å². The van der Waals surface area contributed by atoms with Crippen molar-refractivity contribution in [1.82, 2.24) is 4.98 Å². The molecule has 1 heterocycles. The van der Waals surface area contributed by atoms with Gasteiger partial charge < -0.3 is 24.8 Å². The summed E-state index contributed by atoms with van der Waals surface area (Å²) < 4.78 is 16.0. The van der Waals surface area contributed by atoms with Crippen LogP contribution in [0.15, 0.2) is 60.8 Å². The van der Waals surface area contributed by atoms with Crippen LogP contribution in [-0.4, -0.2) is 31.7 Å². The Morgan fingerprint density at radius 1 is 0.966 bits per heavy atom. The Hall–Kier alpha value is -3.74. The SMILES string of the molecule is CCOc1ccc(NC(=O)c2ccnc(Nc3cc(OC)ccc3OC)c2)cc1. The summed E-state index contributed by atoms with van der Waals surface area (Å²) in [6.45, 7) is 2.52. The second-order valence-corrected chi connectivity index (χ2v) is 6.03. The topological polar surface area (TPSA) is 81.7 Å². The van der Waals surface area contributed by atoms with Crippen LogP contribution in [0, 0.1) is 0 Å². The van der Waals surface area contributed by atoms with Gasteiger partial charge in [-0.1, -0.05) is 0 Å². The summed E-state index contributed by atoms with van der Waals surface area (Å²) in [5.74, 6) is 2.34. The summed E-state index contributed by atoms with van der Waals surface area (Å²) in [5, 5.41) is 6.03. The molecule has 0 saturated carbocycles. The van der Waals surface area contributed by atoms with E-state index in [0.717, 1.165) is 5.75 Å². The van der Waals surface area contributed by atoms with Gasteiger partial charge in [-0.2, -0.15) is 0 Å². The fourth-order valence-corrected chi connectivity index (χ4v) is 2.69. The minimum Gasteiger partial charge on any atom is -0.497 e. The molecule has 7 nitrogen and oxygen atoms in total. The van der Waals surface area contributed by atoms with Gasteiger partial charge in [0.2, 0.25) is 0 Å². The second-order valence-electron chi connectivity index (χ2n) is 6.03. The second kappa shape index (κ2) is 9.45. The summed E-state index contributed by atoms with van der Waals surface area (Å²) in [7, 11) is 3.18. The first kappa shape index (κ1) is 20.0. The van der Waals surface area contributed by atoms with Crippen molar-refractivity contribution in [3.8, 4) is 17.2 Å². The quantitative estimate of drug-likeness (QED) is 0.587. The third-order valence-corrected chi connectivity index (χ3v) is 4.11. The van der Waals surface area contributed by atoms with E-state index >= 15 is 0 Å². The standard InChI is InChI=1S/C22H23N3O4/c1-4-29-17-7-5-16(6-8-17)24-22(26)15-11-12-23-21(13-15)25-19-14-18(27-2)9-10-20(19)28-3/h5-14H,4H2,1-3H3,(H,23,25)(H,24,26). The minimum atomic E-state index is -0.239. The van der Waals surface area contributed by atoms with Crippen molar-refractivity contribution in [1.29, 1.82) is 0 Å². The van der Waals surface area contributed by atoms with Crippen LogP contribution in [-0.2, 0) is 0 Å². The molecule has 0 radical (unpaired) electrons. The van der Waals surface area contributed by atoms with Gasteiger partial charge in [-0.25, -0.2) is 4.98 Å². The Morgan fingerprint density at radius 3 is 2.41 bits per heavy atom. The molecule has 1 aromatic heterocycles. The van der Waals surface area contributed by atoms with Crippen LogP contribution in [0.4, 0.5) is 17.2 Å². The van der Waals surface area contributed by atoms with Crippen LogP contribution >= 0.6 is 0 Å². The van der Waals surface area contributed by atoms with Crippen molar-refractivity contribution < 1.29 is 19.0 Å².